The van der Waals surface area contributed by atoms with Crippen molar-refractivity contribution in [1.29, 1.82) is 0 Å². The number of nitrogen functional groups attached to an aromatic ring is 1. The Morgan fingerprint density at radius 3 is 2.76 bits per heavy atom. The van der Waals surface area contributed by atoms with Crippen molar-refractivity contribution in [3.8, 4) is 0 Å². The zero-order valence-electron chi connectivity index (χ0n) is 11.7. The van der Waals surface area contributed by atoms with E-state index < -0.39 is 10.0 Å². The number of rotatable bonds is 3. The Kier molecular flexibility index (Phi) is 3.62. The van der Waals surface area contributed by atoms with E-state index in [0.717, 1.165) is 42.6 Å². The second-order valence-electron chi connectivity index (χ2n) is 5.18. The number of hydrogen-bond donors (Lipinski definition) is 2. The molecule has 0 aliphatic heterocycles. The lowest BCUT2D eigenvalue weighted by atomic mass is 9.91. The number of thiazole rings is 1. The Bertz CT molecular complexity index is 782. The van der Waals surface area contributed by atoms with Gasteiger partial charge in [-0.1, -0.05) is 23.5 Å². The van der Waals surface area contributed by atoms with Gasteiger partial charge in [-0.25, -0.2) is 13.4 Å². The summed E-state index contributed by atoms with van der Waals surface area (Å²) >= 11 is 0.994. The van der Waals surface area contributed by atoms with Crippen molar-refractivity contribution >= 4 is 32.2 Å². The number of nitrogens with zero attached hydrogens (tertiary/aromatic N) is 1. The first-order chi connectivity index (χ1) is 9.97. The molecule has 3 rings (SSSR count). The Morgan fingerprint density at radius 2 is 2.05 bits per heavy atom. The number of benzene rings is 1. The van der Waals surface area contributed by atoms with E-state index in [1.165, 1.54) is 5.56 Å². The molecule has 0 unspecified atom stereocenters. The Morgan fingerprint density at radius 1 is 1.29 bits per heavy atom. The minimum atomic E-state index is -3.63. The molecule has 21 heavy (non-hydrogen) atoms. The van der Waals surface area contributed by atoms with Crippen molar-refractivity contribution < 1.29 is 8.42 Å². The molecule has 1 heterocycles. The number of aromatic nitrogens is 1. The molecule has 0 fully saturated rings. The first-order valence-electron chi connectivity index (χ1n) is 6.84. The van der Waals surface area contributed by atoms with Crippen molar-refractivity contribution in [3.63, 3.8) is 0 Å². The highest BCUT2D eigenvalue weighted by atomic mass is 32.2. The minimum absolute atomic E-state index is 0.188. The highest BCUT2D eigenvalue weighted by Gasteiger charge is 2.23. The Labute approximate surface area is 128 Å². The van der Waals surface area contributed by atoms with E-state index in [0.29, 0.717) is 11.4 Å². The van der Waals surface area contributed by atoms with Gasteiger partial charge in [0.25, 0.3) is 10.0 Å². The summed E-state index contributed by atoms with van der Waals surface area (Å²) < 4.78 is 27.9. The predicted octanol–water partition coefficient (Wildman–Crippen LogP) is 2.71. The first kappa shape index (κ1) is 14.3. The number of nitrogens with one attached hydrogen (secondary N) is 1. The standard InChI is InChI=1S/C14H17N3O2S2/c1-9-13(20-14(15)16-9)21(18,19)17-12-8-4-6-10-5-2-3-7-11(10)12/h4,6,8,17H,2-3,5,7H2,1H3,(H2,15,16). The molecule has 1 aliphatic carbocycles. The van der Waals surface area contributed by atoms with Gasteiger partial charge in [0.15, 0.2) is 9.34 Å². The van der Waals surface area contributed by atoms with Gasteiger partial charge in [-0.2, -0.15) is 0 Å². The van der Waals surface area contributed by atoms with E-state index in [9.17, 15) is 8.42 Å². The van der Waals surface area contributed by atoms with Crippen molar-refractivity contribution in [2.24, 2.45) is 0 Å². The number of hydrogen-bond acceptors (Lipinski definition) is 5. The molecule has 0 saturated carbocycles. The summed E-state index contributed by atoms with van der Waals surface area (Å²) in [4.78, 5) is 3.98. The summed E-state index contributed by atoms with van der Waals surface area (Å²) in [7, 11) is -3.63. The molecular weight excluding hydrogens is 306 g/mol. The van der Waals surface area contributed by atoms with Crippen molar-refractivity contribution in [1.82, 2.24) is 4.98 Å². The fourth-order valence-electron chi connectivity index (χ4n) is 2.72. The second-order valence-corrected chi connectivity index (χ2v) is 8.09. The Balaban J connectivity index is 1.98. The van der Waals surface area contributed by atoms with Crippen LogP contribution in [0.1, 0.15) is 29.7 Å². The molecule has 5 nitrogen and oxygen atoms in total. The van der Waals surface area contributed by atoms with Crippen LogP contribution in [0.25, 0.3) is 0 Å². The van der Waals surface area contributed by atoms with Gasteiger partial charge in [0.1, 0.15) is 0 Å². The van der Waals surface area contributed by atoms with Gasteiger partial charge in [-0.3, -0.25) is 4.72 Å². The fourth-order valence-corrected chi connectivity index (χ4v) is 5.11. The normalized spacial score (nSPS) is 14.7. The van der Waals surface area contributed by atoms with Crippen LogP contribution in [-0.2, 0) is 22.9 Å². The van der Waals surface area contributed by atoms with Crippen molar-refractivity contribution in [2.75, 3.05) is 10.5 Å². The largest absolute Gasteiger partial charge is 0.375 e. The van der Waals surface area contributed by atoms with Crippen LogP contribution in [0.4, 0.5) is 10.8 Å². The number of sulfonamides is 1. The molecule has 0 bridgehead atoms. The van der Waals surface area contributed by atoms with Gasteiger partial charge in [0, 0.05) is 0 Å². The molecule has 0 saturated heterocycles. The van der Waals surface area contributed by atoms with Crippen LogP contribution in [0, 0.1) is 6.92 Å². The average molecular weight is 323 g/mol. The number of anilines is 2. The van der Waals surface area contributed by atoms with Crippen LogP contribution >= 0.6 is 11.3 Å². The maximum Gasteiger partial charge on any atom is 0.273 e. The summed E-state index contributed by atoms with van der Waals surface area (Å²) in [5.74, 6) is 0. The molecule has 2 aromatic rings. The maximum atomic E-state index is 12.5. The van der Waals surface area contributed by atoms with Gasteiger partial charge in [0.05, 0.1) is 11.4 Å². The average Bonchev–Trinajstić information content (AvgIpc) is 2.79. The molecule has 7 heteroatoms. The molecule has 1 aromatic heterocycles. The zero-order valence-corrected chi connectivity index (χ0v) is 13.4. The third-order valence-corrected chi connectivity index (χ3v) is 6.62. The van der Waals surface area contributed by atoms with Crippen LogP contribution in [0.2, 0.25) is 0 Å². The monoisotopic (exact) mass is 323 g/mol. The van der Waals surface area contributed by atoms with E-state index in [4.69, 9.17) is 5.73 Å². The molecule has 0 radical (unpaired) electrons. The number of aryl methyl sites for hydroxylation is 2. The van der Waals surface area contributed by atoms with E-state index in [-0.39, 0.29) is 9.34 Å². The molecule has 1 aromatic carbocycles. The molecule has 3 N–H and O–H groups in total. The maximum absolute atomic E-state index is 12.5. The van der Waals surface area contributed by atoms with Gasteiger partial charge in [-0.05, 0) is 49.8 Å². The molecule has 0 spiro atoms. The van der Waals surface area contributed by atoms with Crippen molar-refractivity contribution in [2.45, 2.75) is 36.8 Å². The summed E-state index contributed by atoms with van der Waals surface area (Å²) in [5, 5.41) is 0.267. The number of fused-ring (bicyclic) bond motifs is 1. The highest BCUT2D eigenvalue weighted by Crippen LogP contribution is 2.31. The predicted molar refractivity (Wildman–Crippen MR) is 85.2 cm³/mol. The molecule has 112 valence electrons. The van der Waals surface area contributed by atoms with Crippen molar-refractivity contribution in [3.05, 3.63) is 35.0 Å². The Hall–Kier alpha value is -1.60. The third-order valence-electron chi connectivity index (χ3n) is 3.65. The molecule has 0 amide bonds. The minimum Gasteiger partial charge on any atom is -0.375 e. The third kappa shape index (κ3) is 2.75. The summed E-state index contributed by atoms with van der Waals surface area (Å²) in [6, 6.07) is 5.79. The van der Waals surface area contributed by atoms with E-state index in [1.54, 1.807) is 6.92 Å². The summed E-state index contributed by atoms with van der Waals surface area (Å²) in [6.07, 6.45) is 4.18. The van der Waals surface area contributed by atoms with Gasteiger partial charge in [0.2, 0.25) is 0 Å². The second kappa shape index (κ2) is 5.31. The summed E-state index contributed by atoms with van der Waals surface area (Å²) in [5.41, 5.74) is 9.07. The highest BCUT2D eigenvalue weighted by molar-refractivity contribution is 7.94. The van der Waals surface area contributed by atoms with E-state index >= 15 is 0 Å². The quantitative estimate of drug-likeness (QED) is 0.909. The number of nitrogens with two attached hydrogens (primary N) is 1. The molecule has 0 atom stereocenters. The van der Waals surface area contributed by atoms with Gasteiger partial charge in [-0.15, -0.1) is 0 Å². The first-order valence-corrected chi connectivity index (χ1v) is 9.14. The summed E-state index contributed by atoms with van der Waals surface area (Å²) in [6.45, 7) is 1.65. The van der Waals surface area contributed by atoms with Crippen LogP contribution in [0.5, 0.6) is 0 Å². The molecular formula is C14H17N3O2S2. The lowest BCUT2D eigenvalue weighted by Crippen LogP contribution is -2.16. The smallest absolute Gasteiger partial charge is 0.273 e. The van der Waals surface area contributed by atoms with Crippen LogP contribution < -0.4 is 10.5 Å². The van der Waals surface area contributed by atoms with Crippen LogP contribution in [-0.4, -0.2) is 13.4 Å². The molecule has 1 aliphatic rings. The van der Waals surface area contributed by atoms with Crippen LogP contribution in [0.15, 0.2) is 22.4 Å². The SMILES string of the molecule is Cc1nc(N)sc1S(=O)(=O)Nc1cccc2c1CCCC2. The lowest BCUT2D eigenvalue weighted by Gasteiger charge is -2.19. The fraction of sp³-hybridized carbons (Fsp3) is 0.357. The van der Waals surface area contributed by atoms with Gasteiger partial charge < -0.3 is 5.73 Å². The topological polar surface area (TPSA) is 85.1 Å². The zero-order chi connectivity index (χ0) is 15.0. The van der Waals surface area contributed by atoms with E-state index in [1.807, 2.05) is 12.1 Å². The van der Waals surface area contributed by atoms with E-state index in [2.05, 4.69) is 15.8 Å². The van der Waals surface area contributed by atoms with Crippen LogP contribution in [0.3, 0.4) is 0 Å². The van der Waals surface area contributed by atoms with Gasteiger partial charge >= 0.3 is 0 Å². The lowest BCUT2D eigenvalue weighted by molar-refractivity contribution is 0.602.